The normalized spacial score (nSPS) is 10.5. The molecule has 0 unspecified atom stereocenters. The van der Waals surface area contributed by atoms with Gasteiger partial charge >= 0.3 is 5.97 Å². The summed E-state index contributed by atoms with van der Waals surface area (Å²) in [7, 11) is 0. The molecule has 0 saturated carbocycles. The number of hydrogen-bond acceptors (Lipinski definition) is 6. The van der Waals surface area contributed by atoms with E-state index in [1.165, 1.54) is 12.5 Å². The van der Waals surface area contributed by atoms with E-state index in [0.717, 1.165) is 5.56 Å². The lowest BCUT2D eigenvalue weighted by atomic mass is 10.2. The number of oxazole rings is 2. The van der Waals surface area contributed by atoms with Gasteiger partial charge in [-0.05, 0) is 19.1 Å². The molecule has 0 spiro atoms. The highest BCUT2D eigenvalue weighted by atomic mass is 16.5. The first-order chi connectivity index (χ1) is 10.3. The summed E-state index contributed by atoms with van der Waals surface area (Å²) >= 11 is 0. The van der Waals surface area contributed by atoms with Crippen molar-refractivity contribution in [2.75, 3.05) is 6.61 Å². The van der Waals surface area contributed by atoms with Crippen LogP contribution in [-0.2, 0) is 4.74 Å². The standard InChI is InChI=1S/C15H12N2O4/c1-2-19-15(18)11-9-20-14(17-11)12-8-16-13(21-12)10-6-4-3-5-7-10/h3-9H,2H2,1H3. The third-order valence-corrected chi connectivity index (χ3v) is 2.73. The number of nitrogens with zero attached hydrogens (tertiary/aromatic N) is 2. The van der Waals surface area contributed by atoms with Crippen LogP contribution in [0.4, 0.5) is 0 Å². The highest BCUT2D eigenvalue weighted by Gasteiger charge is 2.17. The Morgan fingerprint density at radius 2 is 2.05 bits per heavy atom. The van der Waals surface area contributed by atoms with Crippen LogP contribution in [-0.4, -0.2) is 22.5 Å². The topological polar surface area (TPSA) is 78.4 Å². The zero-order valence-electron chi connectivity index (χ0n) is 11.3. The Morgan fingerprint density at radius 1 is 1.24 bits per heavy atom. The first kappa shape index (κ1) is 13.1. The van der Waals surface area contributed by atoms with E-state index >= 15 is 0 Å². The van der Waals surface area contributed by atoms with Crippen molar-refractivity contribution in [2.45, 2.75) is 6.92 Å². The van der Waals surface area contributed by atoms with Crippen molar-refractivity contribution in [3.05, 3.63) is 48.5 Å². The van der Waals surface area contributed by atoms with E-state index in [2.05, 4.69) is 9.97 Å². The Kier molecular flexibility index (Phi) is 3.51. The highest BCUT2D eigenvalue weighted by molar-refractivity contribution is 5.87. The molecule has 0 fully saturated rings. The molecule has 2 aromatic heterocycles. The van der Waals surface area contributed by atoms with E-state index < -0.39 is 5.97 Å². The van der Waals surface area contributed by atoms with Crippen molar-refractivity contribution in [3.63, 3.8) is 0 Å². The summed E-state index contributed by atoms with van der Waals surface area (Å²) in [6.07, 6.45) is 2.74. The minimum Gasteiger partial charge on any atom is -0.461 e. The number of hydrogen-bond donors (Lipinski definition) is 0. The Hall–Kier alpha value is -2.89. The quantitative estimate of drug-likeness (QED) is 0.685. The fourth-order valence-corrected chi connectivity index (χ4v) is 1.77. The van der Waals surface area contributed by atoms with Crippen LogP contribution in [0.15, 0.2) is 51.6 Å². The zero-order chi connectivity index (χ0) is 14.7. The largest absolute Gasteiger partial charge is 0.461 e. The lowest BCUT2D eigenvalue weighted by Crippen LogP contribution is -2.04. The summed E-state index contributed by atoms with van der Waals surface area (Å²) in [4.78, 5) is 19.7. The number of rotatable bonds is 4. The Balaban J connectivity index is 1.85. The van der Waals surface area contributed by atoms with Gasteiger partial charge in [0, 0.05) is 5.56 Å². The lowest BCUT2D eigenvalue weighted by Gasteiger charge is -1.94. The van der Waals surface area contributed by atoms with Crippen LogP contribution in [0, 0.1) is 0 Å². The molecule has 6 nitrogen and oxygen atoms in total. The van der Waals surface area contributed by atoms with Crippen LogP contribution >= 0.6 is 0 Å². The number of aromatic nitrogens is 2. The lowest BCUT2D eigenvalue weighted by molar-refractivity contribution is 0.0519. The van der Waals surface area contributed by atoms with Crippen molar-refractivity contribution < 1.29 is 18.4 Å². The average Bonchev–Trinajstić information content (AvgIpc) is 3.17. The summed E-state index contributed by atoms with van der Waals surface area (Å²) in [5.41, 5.74) is 0.949. The molecule has 0 saturated heterocycles. The molecule has 0 aliphatic rings. The molecule has 21 heavy (non-hydrogen) atoms. The summed E-state index contributed by atoms with van der Waals surface area (Å²) in [5, 5.41) is 0. The molecule has 0 N–H and O–H groups in total. The molecule has 0 radical (unpaired) electrons. The fraction of sp³-hybridized carbons (Fsp3) is 0.133. The van der Waals surface area contributed by atoms with Crippen LogP contribution in [0.3, 0.4) is 0 Å². The van der Waals surface area contributed by atoms with Crippen LogP contribution in [0.5, 0.6) is 0 Å². The maximum absolute atomic E-state index is 11.5. The molecule has 0 aliphatic heterocycles. The van der Waals surface area contributed by atoms with Crippen molar-refractivity contribution in [1.29, 1.82) is 0 Å². The Morgan fingerprint density at radius 3 is 2.81 bits per heavy atom. The summed E-state index contributed by atoms with van der Waals surface area (Å²) in [6.45, 7) is 2.00. The number of carbonyl (C=O) groups excluding carboxylic acids is 1. The predicted octanol–water partition coefficient (Wildman–Crippen LogP) is 3.17. The number of carbonyl (C=O) groups is 1. The van der Waals surface area contributed by atoms with Gasteiger partial charge in [0.05, 0.1) is 12.8 Å². The summed E-state index contributed by atoms with van der Waals surface area (Å²) < 4.78 is 15.7. The monoisotopic (exact) mass is 284 g/mol. The van der Waals surface area contributed by atoms with Gasteiger partial charge in [0.1, 0.15) is 6.26 Å². The molecule has 106 valence electrons. The van der Waals surface area contributed by atoms with E-state index in [1.807, 2.05) is 30.3 Å². The minimum atomic E-state index is -0.532. The summed E-state index contributed by atoms with van der Waals surface area (Å²) in [6, 6.07) is 9.46. The molecule has 6 heteroatoms. The van der Waals surface area contributed by atoms with Gasteiger partial charge in [-0.1, -0.05) is 18.2 Å². The van der Waals surface area contributed by atoms with Gasteiger partial charge in [-0.3, -0.25) is 0 Å². The third-order valence-electron chi connectivity index (χ3n) is 2.73. The van der Waals surface area contributed by atoms with E-state index in [1.54, 1.807) is 6.92 Å². The molecule has 0 bridgehead atoms. The van der Waals surface area contributed by atoms with Gasteiger partial charge in [-0.15, -0.1) is 0 Å². The zero-order valence-corrected chi connectivity index (χ0v) is 11.3. The number of ether oxygens (including phenoxy) is 1. The van der Waals surface area contributed by atoms with Gasteiger partial charge in [0.15, 0.2) is 5.69 Å². The summed E-state index contributed by atoms with van der Waals surface area (Å²) in [5.74, 6) is 0.467. The van der Waals surface area contributed by atoms with Gasteiger partial charge in [0.2, 0.25) is 11.7 Å². The van der Waals surface area contributed by atoms with E-state index in [4.69, 9.17) is 13.6 Å². The molecular weight excluding hydrogens is 272 g/mol. The van der Waals surface area contributed by atoms with Crippen LogP contribution < -0.4 is 0 Å². The van der Waals surface area contributed by atoms with Crippen molar-refractivity contribution in [1.82, 2.24) is 9.97 Å². The van der Waals surface area contributed by atoms with Crippen LogP contribution in [0.2, 0.25) is 0 Å². The maximum Gasteiger partial charge on any atom is 0.360 e. The number of benzene rings is 1. The van der Waals surface area contributed by atoms with Gasteiger partial charge in [0.25, 0.3) is 5.89 Å². The van der Waals surface area contributed by atoms with Gasteiger partial charge < -0.3 is 13.6 Å². The van der Waals surface area contributed by atoms with Crippen molar-refractivity contribution >= 4 is 5.97 Å². The Bertz CT molecular complexity index is 746. The third kappa shape index (κ3) is 2.69. The van der Waals surface area contributed by atoms with E-state index in [9.17, 15) is 4.79 Å². The smallest absolute Gasteiger partial charge is 0.360 e. The first-order valence-electron chi connectivity index (χ1n) is 6.42. The fourth-order valence-electron chi connectivity index (χ4n) is 1.77. The number of esters is 1. The van der Waals surface area contributed by atoms with Crippen LogP contribution in [0.1, 0.15) is 17.4 Å². The molecule has 3 aromatic rings. The molecule has 3 rings (SSSR count). The van der Waals surface area contributed by atoms with E-state index in [0.29, 0.717) is 11.7 Å². The molecule has 1 aromatic carbocycles. The molecular formula is C15H12N2O4. The predicted molar refractivity (Wildman–Crippen MR) is 73.4 cm³/mol. The molecule has 0 atom stereocenters. The average molecular weight is 284 g/mol. The SMILES string of the molecule is CCOC(=O)c1coc(-c2cnc(-c3ccccc3)o2)n1. The van der Waals surface area contributed by atoms with Gasteiger partial charge in [-0.2, -0.15) is 4.98 Å². The van der Waals surface area contributed by atoms with Crippen molar-refractivity contribution in [2.24, 2.45) is 0 Å². The first-order valence-corrected chi connectivity index (χ1v) is 6.42. The second-order valence-corrected chi connectivity index (χ2v) is 4.15. The molecule has 0 amide bonds. The molecule has 0 aliphatic carbocycles. The minimum absolute atomic E-state index is 0.101. The van der Waals surface area contributed by atoms with E-state index in [-0.39, 0.29) is 18.2 Å². The maximum atomic E-state index is 11.5. The molecule has 2 heterocycles. The van der Waals surface area contributed by atoms with Crippen LogP contribution in [0.25, 0.3) is 23.1 Å². The Labute approximate surface area is 120 Å². The van der Waals surface area contributed by atoms with Gasteiger partial charge in [-0.25, -0.2) is 9.78 Å². The van der Waals surface area contributed by atoms with Crippen molar-refractivity contribution in [3.8, 4) is 23.1 Å². The second kappa shape index (κ2) is 5.62. The highest BCUT2D eigenvalue weighted by Crippen LogP contribution is 2.25. The second-order valence-electron chi connectivity index (χ2n) is 4.15.